The van der Waals surface area contributed by atoms with Crippen molar-refractivity contribution in [3.05, 3.63) is 96.6 Å². The summed E-state index contributed by atoms with van der Waals surface area (Å²) in [4.78, 5) is 6.36. The van der Waals surface area contributed by atoms with Gasteiger partial charge in [-0.3, -0.25) is 9.29 Å². The second kappa shape index (κ2) is 9.67. The maximum atomic E-state index is 14.3. The van der Waals surface area contributed by atoms with E-state index in [1.54, 1.807) is 48.7 Å². The van der Waals surface area contributed by atoms with Crippen LogP contribution < -0.4 is 9.21 Å². The molecule has 0 aliphatic heterocycles. The highest BCUT2D eigenvalue weighted by atomic mass is 32.2. The maximum Gasteiger partial charge on any atom is 0.264 e. The van der Waals surface area contributed by atoms with Crippen molar-refractivity contribution in [3.8, 4) is 11.6 Å². The normalized spacial score (nSPS) is 11.9. The van der Waals surface area contributed by atoms with Crippen molar-refractivity contribution in [2.24, 2.45) is 0 Å². The number of hydrogen-bond donors (Lipinski definition) is 2. The summed E-state index contributed by atoms with van der Waals surface area (Å²) >= 11 is 0. The molecule has 208 valence electrons. The standard InChI is InChI=1S/C31H27FN4O4S/c1-34(2)25-10-4-8-22-21(25)7-5-11-26(22)41(39,40)35(3)29-23-9-6-16-33-28(23)30(37)27-24(29)18-36(31(27)38)17-19-12-14-20(32)15-13-19/h4-16,18,37-38H,17H2,1-3H3. The first-order valence-electron chi connectivity index (χ1n) is 12.8. The number of sulfonamides is 1. The van der Waals surface area contributed by atoms with E-state index in [1.807, 2.05) is 37.2 Å². The lowest BCUT2D eigenvalue weighted by atomic mass is 10.1. The van der Waals surface area contributed by atoms with E-state index in [9.17, 15) is 23.0 Å². The van der Waals surface area contributed by atoms with E-state index in [2.05, 4.69) is 4.98 Å². The molecule has 0 amide bonds. The van der Waals surface area contributed by atoms with Crippen molar-refractivity contribution in [1.82, 2.24) is 9.55 Å². The predicted octanol–water partition coefficient (Wildman–Crippen LogP) is 5.83. The lowest BCUT2D eigenvalue weighted by molar-refractivity contribution is 0.425. The van der Waals surface area contributed by atoms with Gasteiger partial charge in [-0.1, -0.05) is 36.4 Å². The number of anilines is 2. The quantitative estimate of drug-likeness (QED) is 0.261. The van der Waals surface area contributed by atoms with Gasteiger partial charge in [0, 0.05) is 60.8 Å². The number of rotatable bonds is 6. The molecule has 2 N–H and O–H groups in total. The number of aromatic nitrogens is 2. The molecular weight excluding hydrogens is 543 g/mol. The molecular formula is C31H27FN4O4S. The first-order chi connectivity index (χ1) is 19.6. The molecule has 0 unspecified atom stereocenters. The van der Waals surface area contributed by atoms with Crippen LogP contribution in [0.5, 0.6) is 11.6 Å². The monoisotopic (exact) mass is 570 g/mol. The van der Waals surface area contributed by atoms with Gasteiger partial charge in [0.25, 0.3) is 10.0 Å². The van der Waals surface area contributed by atoms with Crippen LogP contribution in [-0.4, -0.2) is 49.3 Å². The lowest BCUT2D eigenvalue weighted by Crippen LogP contribution is -2.27. The molecule has 8 nitrogen and oxygen atoms in total. The Bertz CT molecular complexity index is 2070. The maximum absolute atomic E-state index is 14.3. The van der Waals surface area contributed by atoms with Crippen LogP contribution in [0.25, 0.3) is 32.4 Å². The van der Waals surface area contributed by atoms with E-state index < -0.39 is 10.0 Å². The molecule has 0 radical (unpaired) electrons. The van der Waals surface area contributed by atoms with Gasteiger partial charge >= 0.3 is 0 Å². The van der Waals surface area contributed by atoms with Gasteiger partial charge in [0.1, 0.15) is 11.3 Å². The third kappa shape index (κ3) is 4.18. The number of halogens is 1. The van der Waals surface area contributed by atoms with E-state index in [1.165, 1.54) is 34.2 Å². The van der Waals surface area contributed by atoms with Crippen LogP contribution in [0, 0.1) is 5.82 Å². The van der Waals surface area contributed by atoms with Gasteiger partial charge in [0.15, 0.2) is 5.75 Å². The number of phenols is 1. The summed E-state index contributed by atoms with van der Waals surface area (Å²) in [6.45, 7) is 0.163. The summed E-state index contributed by atoms with van der Waals surface area (Å²) < 4.78 is 44.8. The minimum absolute atomic E-state index is 0.0724. The first-order valence-corrected chi connectivity index (χ1v) is 14.3. The summed E-state index contributed by atoms with van der Waals surface area (Å²) in [7, 11) is 1.10. The van der Waals surface area contributed by atoms with Crippen molar-refractivity contribution in [3.63, 3.8) is 0 Å². The van der Waals surface area contributed by atoms with E-state index >= 15 is 0 Å². The highest BCUT2D eigenvalue weighted by Gasteiger charge is 2.30. The second-order valence-corrected chi connectivity index (χ2v) is 12.0. The molecule has 0 aliphatic carbocycles. The van der Waals surface area contributed by atoms with Gasteiger partial charge in [-0.05, 0) is 42.0 Å². The largest absolute Gasteiger partial charge is 0.505 e. The van der Waals surface area contributed by atoms with Crippen molar-refractivity contribution < 1.29 is 23.0 Å². The third-order valence-electron chi connectivity index (χ3n) is 7.39. The fourth-order valence-corrected chi connectivity index (χ4v) is 6.84. The summed E-state index contributed by atoms with van der Waals surface area (Å²) in [6.07, 6.45) is 3.08. The van der Waals surface area contributed by atoms with E-state index in [4.69, 9.17) is 0 Å². The Morgan fingerprint density at radius 2 is 1.54 bits per heavy atom. The third-order valence-corrected chi connectivity index (χ3v) is 9.20. The molecule has 10 heteroatoms. The minimum atomic E-state index is -4.15. The molecule has 0 saturated carbocycles. The summed E-state index contributed by atoms with van der Waals surface area (Å²) in [5, 5.41) is 24.6. The number of nitrogens with zero attached hydrogens (tertiary/aromatic N) is 4. The number of hydrogen-bond acceptors (Lipinski definition) is 6. The van der Waals surface area contributed by atoms with Crippen LogP contribution in [0.1, 0.15) is 5.56 Å². The minimum Gasteiger partial charge on any atom is -0.505 e. The van der Waals surface area contributed by atoms with Crippen LogP contribution in [0.2, 0.25) is 0 Å². The molecule has 0 spiro atoms. The summed E-state index contributed by atoms with van der Waals surface area (Å²) in [5.41, 5.74) is 2.00. The van der Waals surface area contributed by atoms with Gasteiger partial charge in [0.2, 0.25) is 5.88 Å². The van der Waals surface area contributed by atoms with E-state index in [0.29, 0.717) is 21.7 Å². The van der Waals surface area contributed by atoms with Crippen LogP contribution >= 0.6 is 0 Å². The molecule has 0 saturated heterocycles. The number of fused-ring (bicyclic) bond motifs is 3. The number of pyridine rings is 1. The highest BCUT2D eigenvalue weighted by Crippen LogP contribution is 2.47. The molecule has 0 atom stereocenters. The molecule has 4 aromatic carbocycles. The Morgan fingerprint density at radius 3 is 2.27 bits per heavy atom. The Labute approximate surface area is 236 Å². The first kappa shape index (κ1) is 26.4. The highest BCUT2D eigenvalue weighted by molar-refractivity contribution is 7.93. The zero-order valence-corrected chi connectivity index (χ0v) is 23.4. The molecule has 2 aromatic heterocycles. The predicted molar refractivity (Wildman–Crippen MR) is 160 cm³/mol. The molecule has 41 heavy (non-hydrogen) atoms. The van der Waals surface area contributed by atoms with E-state index in [0.717, 1.165) is 11.1 Å². The zero-order valence-electron chi connectivity index (χ0n) is 22.6. The molecule has 0 fully saturated rings. The van der Waals surface area contributed by atoms with Crippen molar-refractivity contribution >= 4 is 53.8 Å². The Morgan fingerprint density at radius 1 is 0.854 bits per heavy atom. The van der Waals surface area contributed by atoms with Crippen LogP contribution in [0.15, 0.2) is 90.1 Å². The SMILES string of the molecule is CN(C)c1cccc2c(S(=O)(=O)N(C)c3c4cccnc4c(O)c4c(O)n(Cc5ccc(F)cc5)cc34)cccc12. The molecule has 2 heterocycles. The van der Waals surface area contributed by atoms with Gasteiger partial charge in [-0.25, -0.2) is 12.8 Å². The number of benzene rings is 4. The fraction of sp³-hybridized carbons (Fsp3) is 0.129. The Balaban J connectivity index is 1.60. The molecule has 0 bridgehead atoms. The van der Waals surface area contributed by atoms with Gasteiger partial charge in [-0.15, -0.1) is 0 Å². The number of phenolic OH excluding ortho intramolecular Hbond substituents is 1. The average Bonchev–Trinajstić information content (AvgIpc) is 3.28. The van der Waals surface area contributed by atoms with Gasteiger partial charge < -0.3 is 19.7 Å². The second-order valence-electron chi connectivity index (χ2n) is 10.1. The Kier molecular flexibility index (Phi) is 6.22. The molecule has 0 aliphatic rings. The van der Waals surface area contributed by atoms with Gasteiger partial charge in [0.05, 0.1) is 22.5 Å². The lowest BCUT2D eigenvalue weighted by Gasteiger charge is -2.24. The van der Waals surface area contributed by atoms with E-state index in [-0.39, 0.29) is 45.5 Å². The average molecular weight is 571 g/mol. The van der Waals surface area contributed by atoms with Crippen LogP contribution in [-0.2, 0) is 16.6 Å². The summed E-state index contributed by atoms with van der Waals surface area (Å²) in [6, 6.07) is 19.9. The topological polar surface area (TPSA) is 98.9 Å². The summed E-state index contributed by atoms with van der Waals surface area (Å²) in [5.74, 6) is -0.908. The smallest absolute Gasteiger partial charge is 0.264 e. The van der Waals surface area contributed by atoms with Crippen molar-refractivity contribution in [2.75, 3.05) is 30.3 Å². The van der Waals surface area contributed by atoms with Crippen molar-refractivity contribution in [1.29, 1.82) is 0 Å². The van der Waals surface area contributed by atoms with Crippen LogP contribution in [0.3, 0.4) is 0 Å². The van der Waals surface area contributed by atoms with Crippen molar-refractivity contribution in [2.45, 2.75) is 11.4 Å². The molecule has 6 aromatic rings. The number of aromatic hydroxyl groups is 2. The van der Waals surface area contributed by atoms with Crippen LogP contribution in [0.4, 0.5) is 15.8 Å². The fourth-order valence-electron chi connectivity index (χ4n) is 5.40. The zero-order chi connectivity index (χ0) is 29.1. The Hall–Kier alpha value is -4.83. The molecule has 6 rings (SSSR count). The van der Waals surface area contributed by atoms with Gasteiger partial charge in [-0.2, -0.15) is 0 Å².